The summed E-state index contributed by atoms with van der Waals surface area (Å²) in [6.45, 7) is 5.08. The average Bonchev–Trinajstić information content (AvgIpc) is 2.70. The third-order valence-electron chi connectivity index (χ3n) is 4.91. The number of aromatic nitrogens is 2. The minimum absolute atomic E-state index is 0.0799. The van der Waals surface area contributed by atoms with Crippen molar-refractivity contribution in [2.24, 2.45) is 10.7 Å². The first kappa shape index (κ1) is 23.8. The first-order valence-electron chi connectivity index (χ1n) is 10.7. The maximum Gasteiger partial charge on any atom is 0.316 e. The Morgan fingerprint density at radius 2 is 2.00 bits per heavy atom. The van der Waals surface area contributed by atoms with E-state index in [0.29, 0.717) is 12.6 Å². The minimum atomic E-state index is -0.914. The third kappa shape index (κ3) is 8.08. The van der Waals surface area contributed by atoms with Gasteiger partial charge in [-0.05, 0) is 50.3 Å². The van der Waals surface area contributed by atoms with Gasteiger partial charge in [0.2, 0.25) is 5.91 Å². The molecule has 9 heteroatoms. The highest BCUT2D eigenvalue weighted by Gasteiger charge is 2.24. The summed E-state index contributed by atoms with van der Waals surface area (Å²) in [6, 6.07) is 0.321. The Bertz CT molecular complexity index is 722. The quantitative estimate of drug-likeness (QED) is 0.267. The number of hydrogen-bond donors (Lipinski definition) is 4. The van der Waals surface area contributed by atoms with Crippen molar-refractivity contribution in [3.8, 4) is 6.01 Å². The maximum absolute atomic E-state index is 11.3. The highest BCUT2D eigenvalue weighted by atomic mass is 16.5. The number of nitrogens with one attached hydrogen (secondary N) is 2. The van der Waals surface area contributed by atoms with Gasteiger partial charge in [-0.1, -0.05) is 26.2 Å². The van der Waals surface area contributed by atoms with Crippen molar-refractivity contribution in [1.29, 1.82) is 0 Å². The van der Waals surface area contributed by atoms with Crippen molar-refractivity contribution in [2.75, 3.05) is 13.2 Å². The molecule has 1 aromatic heterocycles. The predicted molar refractivity (Wildman–Crippen MR) is 116 cm³/mol. The lowest BCUT2D eigenvalue weighted by molar-refractivity contribution is -0.137. The van der Waals surface area contributed by atoms with E-state index >= 15 is 0 Å². The summed E-state index contributed by atoms with van der Waals surface area (Å²) in [5.74, 6) is -1.81. The third-order valence-corrected chi connectivity index (χ3v) is 4.91. The Balaban J connectivity index is 1.73. The molecular formula is C21H34N6O3. The van der Waals surface area contributed by atoms with E-state index in [1.807, 2.05) is 19.9 Å². The van der Waals surface area contributed by atoms with E-state index in [0.717, 1.165) is 56.3 Å². The molecule has 1 aliphatic heterocycles. The zero-order valence-corrected chi connectivity index (χ0v) is 17.9. The number of allylic oxidation sites excluding steroid dienone is 2. The molecule has 2 atom stereocenters. The van der Waals surface area contributed by atoms with Crippen LogP contribution in [0.15, 0.2) is 29.2 Å². The molecule has 2 rings (SSSR count). The molecule has 1 unspecified atom stereocenters. The van der Waals surface area contributed by atoms with Gasteiger partial charge in [0.1, 0.15) is 0 Å². The molecule has 0 saturated heterocycles. The fourth-order valence-electron chi connectivity index (χ4n) is 3.47. The number of aliphatic imine (C=N–C) groups is 1. The first-order chi connectivity index (χ1) is 14.5. The lowest BCUT2D eigenvalue weighted by Crippen LogP contribution is -2.63. The van der Waals surface area contributed by atoms with Crippen LogP contribution in [0.3, 0.4) is 0 Å². The average molecular weight is 419 g/mol. The summed E-state index contributed by atoms with van der Waals surface area (Å²) in [5, 5.41) is 15.6. The van der Waals surface area contributed by atoms with Crippen molar-refractivity contribution in [3.63, 3.8) is 0 Å². The largest absolute Gasteiger partial charge is 0.481 e. The van der Waals surface area contributed by atoms with Gasteiger partial charge in [-0.25, -0.2) is 15.0 Å². The van der Waals surface area contributed by atoms with Gasteiger partial charge in [0.25, 0.3) is 0 Å². The van der Waals surface area contributed by atoms with Gasteiger partial charge in [-0.15, -0.1) is 0 Å². The molecule has 0 fully saturated rings. The van der Waals surface area contributed by atoms with Crippen LogP contribution in [-0.2, 0) is 4.79 Å². The van der Waals surface area contributed by atoms with Gasteiger partial charge in [0, 0.05) is 24.3 Å². The number of carboxylic acid groups (broad SMARTS) is 1. The normalized spacial score (nSPS) is 19.1. The molecule has 2 heterocycles. The van der Waals surface area contributed by atoms with E-state index in [2.05, 4.69) is 25.6 Å². The molecule has 5 N–H and O–H groups in total. The molecule has 9 nitrogen and oxygen atoms in total. The van der Waals surface area contributed by atoms with Crippen LogP contribution >= 0.6 is 0 Å². The summed E-state index contributed by atoms with van der Waals surface area (Å²) in [5.41, 5.74) is 8.06. The Labute approximate surface area is 178 Å². The maximum atomic E-state index is 11.3. The lowest BCUT2D eigenvalue weighted by atomic mass is 9.92. The van der Waals surface area contributed by atoms with Gasteiger partial charge in [0.15, 0.2) is 0 Å². The fraction of sp³-hybridized carbons (Fsp3) is 0.619. The highest BCUT2D eigenvalue weighted by molar-refractivity contribution is 5.73. The number of hydrogen-bond acceptors (Lipinski definition) is 8. The van der Waals surface area contributed by atoms with Crippen LogP contribution in [0, 0.1) is 0 Å². The van der Waals surface area contributed by atoms with E-state index in [-0.39, 0.29) is 12.3 Å². The number of carbonyl (C=O) groups is 1. The van der Waals surface area contributed by atoms with Crippen LogP contribution in [0.25, 0.3) is 0 Å². The predicted octanol–water partition coefficient (Wildman–Crippen LogP) is 2.51. The van der Waals surface area contributed by atoms with E-state index in [9.17, 15) is 9.90 Å². The fourth-order valence-corrected chi connectivity index (χ4v) is 3.47. The van der Waals surface area contributed by atoms with Crippen LogP contribution < -0.4 is 21.1 Å². The number of unbranched alkanes of at least 4 members (excludes halogenated alkanes) is 3. The van der Waals surface area contributed by atoms with Crippen molar-refractivity contribution < 1.29 is 14.6 Å². The summed E-state index contributed by atoms with van der Waals surface area (Å²) in [4.78, 5) is 23.8. The molecule has 0 aromatic carbocycles. The summed E-state index contributed by atoms with van der Waals surface area (Å²) in [6.07, 6.45) is 12.9. The Morgan fingerprint density at radius 1 is 1.27 bits per heavy atom. The van der Waals surface area contributed by atoms with E-state index in [4.69, 9.17) is 10.5 Å². The Kier molecular flexibility index (Phi) is 9.69. The Morgan fingerprint density at radius 3 is 2.67 bits per heavy atom. The topological polar surface area (TPSA) is 135 Å². The number of nitrogens with zero attached hydrogens (tertiary/aromatic N) is 3. The highest BCUT2D eigenvalue weighted by Crippen LogP contribution is 2.26. The second-order valence-corrected chi connectivity index (χ2v) is 7.37. The summed E-state index contributed by atoms with van der Waals surface area (Å²) >= 11 is 0. The number of carboxylic acids is 1. The second kappa shape index (κ2) is 12.2. The number of ether oxygens (including phenoxy) is 1. The van der Waals surface area contributed by atoms with Gasteiger partial charge in [-0.2, -0.15) is 0 Å². The molecule has 1 aromatic rings. The van der Waals surface area contributed by atoms with Crippen molar-refractivity contribution >= 4 is 12.2 Å². The van der Waals surface area contributed by atoms with Gasteiger partial charge >= 0.3 is 12.0 Å². The SMILES string of the molecule is CCNC1(N)N=CC=C(CCCCCC[C@H](CC(=O)O)c2cnc(OCC)nc2)N1. The number of aliphatic carboxylic acids is 1. The van der Waals surface area contributed by atoms with E-state index < -0.39 is 11.9 Å². The van der Waals surface area contributed by atoms with Gasteiger partial charge in [-0.3, -0.25) is 15.8 Å². The van der Waals surface area contributed by atoms with Crippen LogP contribution in [-0.4, -0.2) is 46.3 Å². The number of rotatable bonds is 14. The molecular weight excluding hydrogens is 384 g/mol. The molecule has 30 heavy (non-hydrogen) atoms. The zero-order valence-electron chi connectivity index (χ0n) is 17.9. The monoisotopic (exact) mass is 418 g/mol. The summed E-state index contributed by atoms with van der Waals surface area (Å²) in [7, 11) is 0. The van der Waals surface area contributed by atoms with Crippen LogP contribution in [0.1, 0.15) is 70.3 Å². The second-order valence-electron chi connectivity index (χ2n) is 7.37. The first-order valence-corrected chi connectivity index (χ1v) is 10.7. The number of nitrogens with two attached hydrogens (primary N) is 1. The molecule has 1 aliphatic rings. The standard InChI is InChI=1S/C21H34N6O3/c1-3-25-21(22)26-12-11-18(27-21)10-8-6-5-7-9-16(13-19(28)29)17-14-23-20(24-15-17)30-4-2/h11-12,14-16,25,27H,3-10,13,22H2,1-2H3,(H,28,29)/t16-,21?/m1/s1. The van der Waals surface area contributed by atoms with E-state index in [1.54, 1.807) is 18.6 Å². The van der Waals surface area contributed by atoms with Gasteiger partial charge in [0.05, 0.1) is 13.0 Å². The van der Waals surface area contributed by atoms with Crippen LogP contribution in [0.4, 0.5) is 0 Å². The van der Waals surface area contributed by atoms with Crippen molar-refractivity contribution in [2.45, 2.75) is 70.6 Å². The molecule has 0 bridgehead atoms. The van der Waals surface area contributed by atoms with E-state index in [1.165, 1.54) is 0 Å². The zero-order chi connectivity index (χ0) is 21.8. The smallest absolute Gasteiger partial charge is 0.316 e. The lowest BCUT2D eigenvalue weighted by Gasteiger charge is -2.31. The van der Waals surface area contributed by atoms with Crippen molar-refractivity contribution in [1.82, 2.24) is 20.6 Å². The minimum Gasteiger partial charge on any atom is -0.481 e. The van der Waals surface area contributed by atoms with Crippen LogP contribution in [0.2, 0.25) is 0 Å². The molecule has 0 aliphatic carbocycles. The molecule has 0 saturated carbocycles. The Hall–Kier alpha value is -2.52. The molecule has 166 valence electrons. The van der Waals surface area contributed by atoms with Gasteiger partial charge < -0.3 is 15.2 Å². The summed E-state index contributed by atoms with van der Waals surface area (Å²) < 4.78 is 5.26. The molecule has 0 amide bonds. The molecule has 0 spiro atoms. The van der Waals surface area contributed by atoms with Crippen LogP contribution in [0.5, 0.6) is 6.01 Å². The molecule has 0 radical (unpaired) electrons. The van der Waals surface area contributed by atoms with Crippen molar-refractivity contribution in [3.05, 3.63) is 29.7 Å².